The van der Waals surface area contributed by atoms with Crippen LogP contribution < -0.4 is 10.6 Å². The summed E-state index contributed by atoms with van der Waals surface area (Å²) in [7, 11) is 3.87. The Bertz CT molecular complexity index is 379. The van der Waals surface area contributed by atoms with Crippen LogP contribution in [0.3, 0.4) is 0 Å². The van der Waals surface area contributed by atoms with E-state index in [0.29, 0.717) is 0 Å². The van der Waals surface area contributed by atoms with Gasteiger partial charge in [0.2, 0.25) is 0 Å². The smallest absolute Gasteiger partial charge is 0.0479 e. The first-order valence-corrected chi connectivity index (χ1v) is 7.13. The minimum atomic E-state index is 0.268. The fourth-order valence-electron chi connectivity index (χ4n) is 2.15. The molecule has 0 aromatic heterocycles. The average Bonchev–Trinajstić information content (AvgIpc) is 2.41. The molecule has 0 bridgehead atoms. The van der Waals surface area contributed by atoms with Crippen molar-refractivity contribution in [2.24, 2.45) is 5.73 Å². The van der Waals surface area contributed by atoms with Crippen molar-refractivity contribution >= 4 is 5.69 Å². The summed E-state index contributed by atoms with van der Waals surface area (Å²) in [4.78, 5) is 2.27. The summed E-state index contributed by atoms with van der Waals surface area (Å²) in [5.41, 5.74) is 9.99. The van der Waals surface area contributed by atoms with Gasteiger partial charge in [-0.25, -0.2) is 0 Å². The van der Waals surface area contributed by atoms with Crippen LogP contribution in [0.1, 0.15) is 30.9 Å². The second-order valence-corrected chi connectivity index (χ2v) is 5.25. The van der Waals surface area contributed by atoms with Crippen molar-refractivity contribution in [1.82, 2.24) is 0 Å². The first kappa shape index (κ1) is 16.0. The Morgan fingerprint density at radius 1 is 1.37 bits per heavy atom. The Morgan fingerprint density at radius 2 is 2.11 bits per heavy atom. The summed E-state index contributed by atoms with van der Waals surface area (Å²) >= 11 is 0. The van der Waals surface area contributed by atoms with E-state index in [0.717, 1.165) is 32.4 Å². The van der Waals surface area contributed by atoms with E-state index in [4.69, 9.17) is 10.5 Å². The van der Waals surface area contributed by atoms with Crippen LogP contribution in [-0.4, -0.2) is 33.4 Å². The van der Waals surface area contributed by atoms with Crippen molar-refractivity contribution in [1.29, 1.82) is 0 Å². The number of nitrogens with two attached hydrogens (primary N) is 1. The average molecular weight is 264 g/mol. The lowest BCUT2D eigenvalue weighted by molar-refractivity contribution is 0.196. The molecule has 0 aliphatic heterocycles. The van der Waals surface area contributed by atoms with Gasteiger partial charge in [0.05, 0.1) is 0 Å². The van der Waals surface area contributed by atoms with Crippen molar-refractivity contribution in [3.8, 4) is 0 Å². The van der Waals surface area contributed by atoms with Gasteiger partial charge in [0.25, 0.3) is 0 Å². The Hall–Kier alpha value is -1.06. The maximum Gasteiger partial charge on any atom is 0.0479 e. The van der Waals surface area contributed by atoms with E-state index < -0.39 is 0 Å². The van der Waals surface area contributed by atoms with Crippen molar-refractivity contribution in [2.45, 2.75) is 39.2 Å². The van der Waals surface area contributed by atoms with Gasteiger partial charge in [-0.1, -0.05) is 13.0 Å². The molecule has 1 aromatic carbocycles. The summed E-state index contributed by atoms with van der Waals surface area (Å²) in [6.45, 7) is 6.13. The summed E-state index contributed by atoms with van der Waals surface area (Å²) in [6, 6.07) is 6.93. The molecule has 19 heavy (non-hydrogen) atoms. The lowest BCUT2D eigenvalue weighted by Crippen LogP contribution is -2.22. The molecule has 3 nitrogen and oxygen atoms in total. The number of rotatable bonds is 8. The van der Waals surface area contributed by atoms with Crippen LogP contribution >= 0.6 is 0 Å². The molecule has 0 spiro atoms. The van der Waals surface area contributed by atoms with Crippen LogP contribution in [-0.2, 0) is 11.2 Å². The van der Waals surface area contributed by atoms with E-state index in [1.165, 1.54) is 16.8 Å². The van der Waals surface area contributed by atoms with E-state index in [-0.39, 0.29) is 6.04 Å². The zero-order valence-electron chi connectivity index (χ0n) is 12.8. The third-order valence-electron chi connectivity index (χ3n) is 3.62. The number of anilines is 1. The highest BCUT2D eigenvalue weighted by Gasteiger charge is 2.07. The minimum Gasteiger partial charge on any atom is -0.385 e. The predicted octanol–water partition coefficient (Wildman–Crippen LogP) is 2.75. The number of benzene rings is 1. The zero-order chi connectivity index (χ0) is 14.3. The van der Waals surface area contributed by atoms with Crippen LogP contribution in [0.4, 0.5) is 5.69 Å². The van der Waals surface area contributed by atoms with Gasteiger partial charge >= 0.3 is 0 Å². The molecule has 0 aliphatic carbocycles. The molecular weight excluding hydrogens is 236 g/mol. The molecule has 108 valence electrons. The molecule has 1 aromatic rings. The maximum atomic E-state index is 6.03. The molecule has 0 fully saturated rings. The monoisotopic (exact) mass is 264 g/mol. The van der Waals surface area contributed by atoms with Crippen molar-refractivity contribution in [2.75, 3.05) is 32.2 Å². The van der Waals surface area contributed by atoms with E-state index in [9.17, 15) is 0 Å². The lowest BCUT2D eigenvalue weighted by Gasteiger charge is -2.21. The fraction of sp³-hybridized carbons (Fsp3) is 0.625. The molecule has 0 aliphatic rings. The number of nitrogens with zero attached hydrogens (tertiary/aromatic N) is 1. The Kier molecular flexibility index (Phi) is 6.89. The van der Waals surface area contributed by atoms with Gasteiger partial charge in [0.1, 0.15) is 0 Å². The van der Waals surface area contributed by atoms with Gasteiger partial charge in [-0.05, 0) is 49.4 Å². The van der Waals surface area contributed by atoms with Gasteiger partial charge < -0.3 is 15.4 Å². The van der Waals surface area contributed by atoms with Crippen LogP contribution in [0.5, 0.6) is 0 Å². The highest BCUT2D eigenvalue weighted by Crippen LogP contribution is 2.19. The molecule has 1 rings (SSSR count). The fourth-order valence-corrected chi connectivity index (χ4v) is 2.15. The summed E-state index contributed by atoms with van der Waals surface area (Å²) in [6.07, 6.45) is 3.04. The molecule has 2 N–H and O–H groups in total. The lowest BCUT2D eigenvalue weighted by atomic mass is 9.99. The molecule has 0 amide bonds. The normalized spacial score (nSPS) is 12.5. The molecular formula is C16H28N2O. The molecule has 3 heteroatoms. The third-order valence-corrected chi connectivity index (χ3v) is 3.62. The standard InChI is InChI=1S/C16H28N2O/c1-5-15(17)12-14-7-8-16(11-13(14)2)18(3)9-6-10-19-4/h7-8,11,15H,5-6,9-10,12,17H2,1-4H3. The number of hydrogen-bond acceptors (Lipinski definition) is 3. The Labute approximate surface area is 117 Å². The van der Waals surface area contributed by atoms with Gasteiger partial charge in [-0.3, -0.25) is 0 Å². The SMILES string of the molecule is CCC(N)Cc1ccc(N(C)CCCOC)cc1C. The Morgan fingerprint density at radius 3 is 2.68 bits per heavy atom. The van der Waals surface area contributed by atoms with Crippen molar-refractivity contribution in [3.05, 3.63) is 29.3 Å². The van der Waals surface area contributed by atoms with Crippen molar-refractivity contribution in [3.63, 3.8) is 0 Å². The van der Waals surface area contributed by atoms with Gasteiger partial charge in [-0.15, -0.1) is 0 Å². The van der Waals surface area contributed by atoms with E-state index in [1.807, 2.05) is 0 Å². The second kappa shape index (κ2) is 8.18. The largest absolute Gasteiger partial charge is 0.385 e. The maximum absolute atomic E-state index is 6.03. The topological polar surface area (TPSA) is 38.5 Å². The minimum absolute atomic E-state index is 0.268. The zero-order valence-corrected chi connectivity index (χ0v) is 12.8. The molecule has 1 atom stereocenters. The summed E-state index contributed by atoms with van der Waals surface area (Å²) < 4.78 is 5.09. The van der Waals surface area contributed by atoms with Gasteiger partial charge in [-0.2, -0.15) is 0 Å². The molecule has 1 unspecified atom stereocenters. The van der Waals surface area contributed by atoms with Gasteiger partial charge in [0, 0.05) is 39.0 Å². The number of methoxy groups -OCH3 is 1. The first-order chi connectivity index (χ1) is 9.08. The van der Waals surface area contributed by atoms with Crippen LogP contribution in [0, 0.1) is 6.92 Å². The highest BCUT2D eigenvalue weighted by molar-refractivity contribution is 5.50. The highest BCUT2D eigenvalue weighted by atomic mass is 16.5. The van der Waals surface area contributed by atoms with Crippen LogP contribution in [0.2, 0.25) is 0 Å². The first-order valence-electron chi connectivity index (χ1n) is 7.13. The Balaban J connectivity index is 2.65. The summed E-state index contributed by atoms with van der Waals surface area (Å²) in [5, 5.41) is 0. The number of aryl methyl sites for hydroxylation is 1. The third kappa shape index (κ3) is 5.21. The number of ether oxygens (including phenoxy) is 1. The second-order valence-electron chi connectivity index (χ2n) is 5.25. The van der Waals surface area contributed by atoms with Gasteiger partial charge in [0.15, 0.2) is 0 Å². The predicted molar refractivity (Wildman–Crippen MR) is 82.9 cm³/mol. The van der Waals surface area contributed by atoms with E-state index in [2.05, 4.69) is 44.0 Å². The molecule has 0 radical (unpaired) electrons. The molecule has 0 saturated carbocycles. The van der Waals surface area contributed by atoms with Crippen LogP contribution in [0.25, 0.3) is 0 Å². The van der Waals surface area contributed by atoms with Crippen molar-refractivity contribution < 1.29 is 4.74 Å². The van der Waals surface area contributed by atoms with Crippen LogP contribution in [0.15, 0.2) is 18.2 Å². The summed E-state index contributed by atoms with van der Waals surface area (Å²) in [5.74, 6) is 0. The quantitative estimate of drug-likeness (QED) is 0.734. The number of hydrogen-bond donors (Lipinski definition) is 1. The van der Waals surface area contributed by atoms with E-state index in [1.54, 1.807) is 7.11 Å². The molecule has 0 heterocycles. The van der Waals surface area contributed by atoms with E-state index >= 15 is 0 Å². The molecule has 0 saturated heterocycles.